The van der Waals surface area contributed by atoms with Crippen LogP contribution in [-0.4, -0.2) is 53.8 Å². The number of hydrogen-bond donors (Lipinski definition) is 2. The van der Waals surface area contributed by atoms with Gasteiger partial charge in [0.05, 0.1) is 11.0 Å². The summed E-state index contributed by atoms with van der Waals surface area (Å²) < 4.78 is -0.00295. The van der Waals surface area contributed by atoms with E-state index in [0.29, 0.717) is 4.32 Å². The van der Waals surface area contributed by atoms with Crippen molar-refractivity contribution < 1.29 is 10.0 Å². The van der Waals surface area contributed by atoms with Crippen LogP contribution >= 0.6 is 24.0 Å². The van der Waals surface area contributed by atoms with Crippen molar-refractivity contribution in [1.82, 2.24) is 20.4 Å². The van der Waals surface area contributed by atoms with Crippen LogP contribution in [-0.2, 0) is 0 Å². The number of nitrogens with one attached hydrogen (secondary N) is 1. The SMILES string of the molecule is CC1(C)SC(=S)N(N=Cc2cccnc2)C1N(O)C(=O)NC1CCCCC1. The number of carbonyl (C=O) groups is 1. The van der Waals surface area contributed by atoms with E-state index in [2.05, 4.69) is 15.4 Å². The van der Waals surface area contributed by atoms with Gasteiger partial charge in [-0.05, 0) is 32.8 Å². The highest BCUT2D eigenvalue weighted by Gasteiger charge is 2.50. The molecule has 0 bridgehead atoms. The highest BCUT2D eigenvalue weighted by atomic mass is 32.2. The molecule has 2 heterocycles. The lowest BCUT2D eigenvalue weighted by atomic mass is 9.96. The average molecular weight is 408 g/mol. The van der Waals surface area contributed by atoms with Gasteiger partial charge in [-0.25, -0.2) is 9.80 Å². The zero-order valence-corrected chi connectivity index (χ0v) is 17.2. The molecule has 1 saturated heterocycles. The first kappa shape index (κ1) is 20.0. The number of thiocarbonyl (C=S) groups is 1. The van der Waals surface area contributed by atoms with Gasteiger partial charge in [0, 0.05) is 24.0 Å². The summed E-state index contributed by atoms with van der Waals surface area (Å²) in [4.78, 5) is 16.7. The van der Waals surface area contributed by atoms with Crippen LogP contribution in [0.5, 0.6) is 0 Å². The maximum absolute atomic E-state index is 12.6. The molecule has 2 N–H and O–H groups in total. The molecule has 2 amide bonds. The van der Waals surface area contributed by atoms with E-state index in [1.54, 1.807) is 18.6 Å². The summed E-state index contributed by atoms with van der Waals surface area (Å²) in [5.74, 6) is 0. The Kier molecular flexibility index (Phi) is 6.33. The van der Waals surface area contributed by atoms with E-state index in [1.807, 2.05) is 26.0 Å². The van der Waals surface area contributed by atoms with Crippen LogP contribution in [0.1, 0.15) is 51.5 Å². The predicted molar refractivity (Wildman–Crippen MR) is 111 cm³/mol. The molecule has 0 spiro atoms. The molecule has 2 fully saturated rings. The summed E-state index contributed by atoms with van der Waals surface area (Å²) >= 11 is 6.85. The Balaban J connectivity index is 1.75. The molecule has 0 radical (unpaired) electrons. The summed E-state index contributed by atoms with van der Waals surface area (Å²) in [6.45, 7) is 3.87. The lowest BCUT2D eigenvalue weighted by molar-refractivity contribution is -0.119. The third-order valence-electron chi connectivity index (χ3n) is 4.78. The topological polar surface area (TPSA) is 81.1 Å². The van der Waals surface area contributed by atoms with Crippen molar-refractivity contribution in [2.75, 3.05) is 0 Å². The fourth-order valence-corrected chi connectivity index (χ4v) is 5.19. The van der Waals surface area contributed by atoms with Crippen molar-refractivity contribution in [3.63, 3.8) is 0 Å². The normalized spacial score (nSPS) is 23.0. The molecular weight excluding hydrogens is 382 g/mol. The van der Waals surface area contributed by atoms with Crippen molar-refractivity contribution in [3.05, 3.63) is 30.1 Å². The summed E-state index contributed by atoms with van der Waals surface area (Å²) in [5.41, 5.74) is 0.810. The van der Waals surface area contributed by atoms with E-state index < -0.39 is 16.9 Å². The van der Waals surface area contributed by atoms with Crippen LogP contribution in [0.3, 0.4) is 0 Å². The average Bonchev–Trinajstić information content (AvgIpc) is 2.88. The van der Waals surface area contributed by atoms with Crippen LogP contribution < -0.4 is 5.32 Å². The second-order valence-electron chi connectivity index (χ2n) is 7.35. The molecule has 1 aliphatic heterocycles. The summed E-state index contributed by atoms with van der Waals surface area (Å²) in [5, 5.41) is 20.3. The van der Waals surface area contributed by atoms with Crippen molar-refractivity contribution in [2.45, 2.75) is 62.9 Å². The third-order valence-corrected chi connectivity index (χ3v) is 6.31. The molecule has 1 aromatic rings. The Morgan fingerprint density at radius 3 is 2.89 bits per heavy atom. The molecule has 1 atom stereocenters. The standard InChI is InChI=1S/C18H25N5O2S2/c1-18(2)15(23(25)16(24)21-14-8-4-3-5-9-14)22(17(26)27-18)20-12-13-7-6-10-19-11-13/h6-7,10-12,14-15,25H,3-5,8-9H2,1-2H3,(H,21,24). The number of amides is 2. The lowest BCUT2D eigenvalue weighted by Crippen LogP contribution is -2.57. The van der Waals surface area contributed by atoms with Crippen molar-refractivity contribution >= 4 is 40.5 Å². The van der Waals surface area contributed by atoms with Gasteiger partial charge in [-0.15, -0.1) is 0 Å². The Bertz CT molecular complexity index is 707. The van der Waals surface area contributed by atoms with Gasteiger partial charge < -0.3 is 5.32 Å². The monoisotopic (exact) mass is 407 g/mol. The molecule has 9 heteroatoms. The third kappa shape index (κ3) is 4.77. The van der Waals surface area contributed by atoms with Crippen LogP contribution in [0.4, 0.5) is 4.79 Å². The maximum atomic E-state index is 12.6. The molecule has 3 rings (SSSR count). The first-order valence-corrected chi connectivity index (χ1v) is 10.4. The first-order valence-electron chi connectivity index (χ1n) is 9.13. The minimum atomic E-state index is -0.702. The number of urea groups is 1. The number of hydrogen-bond acceptors (Lipinski definition) is 6. The van der Waals surface area contributed by atoms with E-state index in [-0.39, 0.29) is 6.04 Å². The smallest absolute Gasteiger partial charge is 0.333 e. The molecule has 2 aliphatic rings. The van der Waals surface area contributed by atoms with Gasteiger partial charge >= 0.3 is 6.03 Å². The molecule has 0 aromatic carbocycles. The maximum Gasteiger partial charge on any atom is 0.343 e. The number of hydroxylamine groups is 2. The largest absolute Gasteiger partial charge is 0.343 e. The van der Waals surface area contributed by atoms with Gasteiger partial charge in [-0.1, -0.05) is 49.3 Å². The number of hydrazone groups is 1. The van der Waals surface area contributed by atoms with Crippen LogP contribution in [0.15, 0.2) is 29.6 Å². The number of nitrogens with zero attached hydrogens (tertiary/aromatic N) is 4. The summed E-state index contributed by atoms with van der Waals surface area (Å²) in [6.07, 6.45) is 9.60. The molecule has 1 unspecified atom stereocenters. The molecule has 1 aliphatic carbocycles. The summed E-state index contributed by atoms with van der Waals surface area (Å²) in [7, 11) is 0. The highest BCUT2D eigenvalue weighted by molar-refractivity contribution is 8.24. The van der Waals surface area contributed by atoms with E-state index in [4.69, 9.17) is 12.2 Å². The van der Waals surface area contributed by atoms with Crippen molar-refractivity contribution in [1.29, 1.82) is 0 Å². The summed E-state index contributed by atoms with van der Waals surface area (Å²) in [6, 6.07) is 3.29. The Labute approximate surface area is 169 Å². The molecule has 146 valence electrons. The number of carbonyl (C=O) groups excluding carboxylic acids is 1. The second-order valence-corrected chi connectivity index (χ2v) is 9.64. The number of thioether (sulfide) groups is 1. The Morgan fingerprint density at radius 2 is 2.22 bits per heavy atom. The number of rotatable bonds is 4. The molecule has 1 aromatic heterocycles. The molecular formula is C18H25N5O2S2. The minimum Gasteiger partial charge on any atom is -0.333 e. The van der Waals surface area contributed by atoms with E-state index in [9.17, 15) is 10.0 Å². The second kappa shape index (κ2) is 8.53. The zero-order valence-electron chi connectivity index (χ0n) is 15.5. The van der Waals surface area contributed by atoms with Gasteiger partial charge in [-0.3, -0.25) is 10.2 Å². The van der Waals surface area contributed by atoms with Crippen LogP contribution in [0, 0.1) is 0 Å². The highest BCUT2D eigenvalue weighted by Crippen LogP contribution is 2.42. The van der Waals surface area contributed by atoms with Crippen molar-refractivity contribution in [2.24, 2.45) is 5.10 Å². The van der Waals surface area contributed by atoms with Gasteiger partial charge in [0.15, 0.2) is 10.5 Å². The van der Waals surface area contributed by atoms with Crippen molar-refractivity contribution in [3.8, 4) is 0 Å². The van der Waals surface area contributed by atoms with Gasteiger partial charge in [-0.2, -0.15) is 10.2 Å². The molecule has 27 heavy (non-hydrogen) atoms. The fraction of sp³-hybridized carbons (Fsp3) is 0.556. The first-order chi connectivity index (χ1) is 12.9. The van der Waals surface area contributed by atoms with Gasteiger partial charge in [0.2, 0.25) is 0 Å². The Morgan fingerprint density at radius 1 is 1.48 bits per heavy atom. The molecule has 7 nitrogen and oxygen atoms in total. The number of pyridine rings is 1. The predicted octanol–water partition coefficient (Wildman–Crippen LogP) is 3.59. The van der Waals surface area contributed by atoms with E-state index >= 15 is 0 Å². The lowest BCUT2D eigenvalue weighted by Gasteiger charge is -2.35. The van der Waals surface area contributed by atoms with E-state index in [1.165, 1.54) is 23.2 Å². The minimum absolute atomic E-state index is 0.109. The van der Waals surface area contributed by atoms with E-state index in [0.717, 1.165) is 36.3 Å². The zero-order chi connectivity index (χ0) is 19.4. The van der Waals surface area contributed by atoms with Gasteiger partial charge in [0.1, 0.15) is 0 Å². The van der Waals surface area contributed by atoms with Crippen LogP contribution in [0.25, 0.3) is 0 Å². The quantitative estimate of drug-likeness (QED) is 0.344. The fourth-order valence-electron chi connectivity index (χ4n) is 3.41. The number of aromatic nitrogens is 1. The Hall–Kier alpha value is -1.71. The molecule has 1 saturated carbocycles. The van der Waals surface area contributed by atoms with Crippen LogP contribution in [0.2, 0.25) is 0 Å². The van der Waals surface area contributed by atoms with Gasteiger partial charge in [0.25, 0.3) is 0 Å².